The first kappa shape index (κ1) is 23.2. The number of oxazole rings is 1. The van der Waals surface area contributed by atoms with Crippen molar-refractivity contribution in [2.24, 2.45) is 5.41 Å². The number of ether oxygens (including phenoxy) is 2. The van der Waals surface area contributed by atoms with Gasteiger partial charge in [-0.2, -0.15) is 0 Å². The number of aliphatic carboxylic acids is 1. The lowest BCUT2D eigenvalue weighted by molar-refractivity contribution is -0.150. The van der Waals surface area contributed by atoms with Gasteiger partial charge in [0.25, 0.3) is 0 Å². The minimum absolute atomic E-state index is 0.0610. The molecular formula is C26H25FN2O5. The van der Waals surface area contributed by atoms with Crippen LogP contribution < -0.4 is 9.47 Å². The number of fused-ring (bicyclic) bond motifs is 1. The van der Waals surface area contributed by atoms with Crippen LogP contribution in [-0.2, 0) is 4.79 Å². The molecule has 7 nitrogen and oxygen atoms in total. The van der Waals surface area contributed by atoms with Gasteiger partial charge >= 0.3 is 5.97 Å². The molecule has 0 aliphatic carbocycles. The molecule has 8 heteroatoms. The molecule has 2 heterocycles. The summed E-state index contributed by atoms with van der Waals surface area (Å²) < 4.78 is 31.3. The standard InChI is InChI=1S/C26H25FN2O5/c1-14-10-16(11-15(2)22(14)34-23(25(30)31)26(3,4)5)24-29-18-13-28-21(12-20(18)33-24)32-19-9-7-6-8-17(19)27/h6-13,23H,1-5H3,(H,30,31). The summed E-state index contributed by atoms with van der Waals surface area (Å²) in [6.45, 7) is 9.15. The van der Waals surface area contributed by atoms with Gasteiger partial charge < -0.3 is 19.0 Å². The van der Waals surface area contributed by atoms with E-state index in [9.17, 15) is 14.3 Å². The highest BCUT2D eigenvalue weighted by molar-refractivity contribution is 5.77. The van der Waals surface area contributed by atoms with E-state index in [-0.39, 0.29) is 11.6 Å². The molecule has 1 N–H and O–H groups in total. The first-order valence-electron chi connectivity index (χ1n) is 10.7. The lowest BCUT2D eigenvalue weighted by Crippen LogP contribution is -2.39. The molecule has 2 aromatic heterocycles. The quantitative estimate of drug-likeness (QED) is 0.357. The number of carboxylic acids is 1. The fourth-order valence-corrected chi connectivity index (χ4v) is 3.61. The van der Waals surface area contributed by atoms with Crippen LogP contribution in [0, 0.1) is 25.1 Å². The van der Waals surface area contributed by atoms with Crippen molar-refractivity contribution in [3.8, 4) is 28.8 Å². The van der Waals surface area contributed by atoms with Crippen molar-refractivity contribution < 1.29 is 28.2 Å². The van der Waals surface area contributed by atoms with E-state index in [2.05, 4.69) is 9.97 Å². The monoisotopic (exact) mass is 464 g/mol. The van der Waals surface area contributed by atoms with Crippen molar-refractivity contribution in [1.29, 1.82) is 0 Å². The zero-order chi connectivity index (χ0) is 24.6. The van der Waals surface area contributed by atoms with Crippen LogP contribution in [0.1, 0.15) is 31.9 Å². The van der Waals surface area contributed by atoms with Gasteiger partial charge in [0.05, 0.1) is 6.20 Å². The smallest absolute Gasteiger partial charge is 0.345 e. The Labute approximate surface area is 196 Å². The predicted octanol–water partition coefficient (Wildman–Crippen LogP) is 6.32. The van der Waals surface area contributed by atoms with Crippen LogP contribution in [-0.4, -0.2) is 27.1 Å². The average Bonchev–Trinajstić information content (AvgIpc) is 3.17. The minimum atomic E-state index is -1.02. The molecule has 1 unspecified atom stereocenters. The number of rotatable bonds is 6. The van der Waals surface area contributed by atoms with Gasteiger partial charge in [0.1, 0.15) is 11.3 Å². The number of nitrogens with zero attached hydrogens (tertiary/aromatic N) is 2. The third-order valence-electron chi connectivity index (χ3n) is 5.25. The van der Waals surface area contributed by atoms with Gasteiger partial charge in [0.2, 0.25) is 11.8 Å². The first-order valence-corrected chi connectivity index (χ1v) is 10.7. The van der Waals surface area contributed by atoms with Crippen LogP contribution in [0.25, 0.3) is 22.6 Å². The number of hydrogen-bond acceptors (Lipinski definition) is 6. The minimum Gasteiger partial charge on any atom is -0.478 e. The molecule has 0 fully saturated rings. The molecule has 0 amide bonds. The van der Waals surface area contributed by atoms with E-state index in [0.717, 1.165) is 11.1 Å². The average molecular weight is 464 g/mol. The van der Waals surface area contributed by atoms with Crippen LogP contribution in [0.5, 0.6) is 17.4 Å². The summed E-state index contributed by atoms with van der Waals surface area (Å²) in [6.07, 6.45) is 0.496. The number of benzene rings is 2. The fourth-order valence-electron chi connectivity index (χ4n) is 3.61. The summed E-state index contributed by atoms with van der Waals surface area (Å²) in [6, 6.07) is 11.3. The van der Waals surface area contributed by atoms with Gasteiger partial charge in [-0.1, -0.05) is 32.9 Å². The zero-order valence-corrected chi connectivity index (χ0v) is 19.5. The van der Waals surface area contributed by atoms with Gasteiger partial charge in [-0.15, -0.1) is 0 Å². The summed E-state index contributed by atoms with van der Waals surface area (Å²) in [7, 11) is 0. The summed E-state index contributed by atoms with van der Waals surface area (Å²) in [4.78, 5) is 20.4. The number of pyridine rings is 1. The van der Waals surface area contributed by atoms with Crippen molar-refractivity contribution in [3.05, 3.63) is 65.6 Å². The first-order chi connectivity index (χ1) is 16.0. The number of aromatic nitrogens is 2. The fraction of sp³-hybridized carbons (Fsp3) is 0.269. The van der Waals surface area contributed by atoms with Gasteiger partial charge in [0.15, 0.2) is 23.3 Å². The lowest BCUT2D eigenvalue weighted by atomic mass is 9.89. The third kappa shape index (κ3) is 4.71. The number of aryl methyl sites for hydroxylation is 2. The Bertz CT molecular complexity index is 1350. The molecule has 1 atom stereocenters. The third-order valence-corrected chi connectivity index (χ3v) is 5.25. The van der Waals surface area contributed by atoms with Crippen LogP contribution >= 0.6 is 0 Å². The summed E-state index contributed by atoms with van der Waals surface area (Å²) in [5.41, 5.74) is 2.59. The largest absolute Gasteiger partial charge is 0.478 e. The molecule has 176 valence electrons. The van der Waals surface area contributed by atoms with E-state index in [4.69, 9.17) is 13.9 Å². The van der Waals surface area contributed by atoms with Crippen LogP contribution in [0.3, 0.4) is 0 Å². The van der Waals surface area contributed by atoms with Crippen LogP contribution in [0.4, 0.5) is 4.39 Å². The second-order valence-electron chi connectivity index (χ2n) is 9.18. The second-order valence-corrected chi connectivity index (χ2v) is 9.18. The second kappa shape index (κ2) is 8.78. The highest BCUT2D eigenvalue weighted by Gasteiger charge is 2.34. The van der Waals surface area contributed by atoms with Gasteiger partial charge in [-0.3, -0.25) is 0 Å². The van der Waals surface area contributed by atoms with Crippen molar-refractivity contribution >= 4 is 17.1 Å². The Kier molecular flexibility index (Phi) is 6.00. The molecule has 4 aromatic rings. The van der Waals surface area contributed by atoms with E-state index < -0.39 is 23.3 Å². The molecule has 0 aliphatic rings. The van der Waals surface area contributed by atoms with Crippen molar-refractivity contribution in [1.82, 2.24) is 9.97 Å². The highest BCUT2D eigenvalue weighted by atomic mass is 19.1. The molecule has 4 rings (SSSR count). The van der Waals surface area contributed by atoms with Gasteiger partial charge in [-0.05, 0) is 49.2 Å². The Morgan fingerprint density at radius 3 is 2.41 bits per heavy atom. The topological polar surface area (TPSA) is 94.7 Å². The zero-order valence-electron chi connectivity index (χ0n) is 19.5. The molecule has 0 spiro atoms. The Hall–Kier alpha value is -3.94. The molecule has 0 aliphatic heterocycles. The summed E-state index contributed by atoms with van der Waals surface area (Å²) in [5, 5.41) is 9.61. The van der Waals surface area contributed by atoms with Crippen molar-refractivity contribution in [2.75, 3.05) is 0 Å². The van der Waals surface area contributed by atoms with Crippen molar-refractivity contribution in [2.45, 2.75) is 40.7 Å². The SMILES string of the molecule is Cc1cc(-c2nc3cnc(Oc4ccccc4F)cc3o2)cc(C)c1OC(C(=O)O)C(C)(C)C. The number of halogens is 1. The Morgan fingerprint density at radius 1 is 1.12 bits per heavy atom. The lowest BCUT2D eigenvalue weighted by Gasteiger charge is -2.29. The predicted molar refractivity (Wildman–Crippen MR) is 125 cm³/mol. The van der Waals surface area contributed by atoms with E-state index in [1.807, 2.05) is 46.8 Å². The van der Waals surface area contributed by atoms with Crippen LogP contribution in [0.2, 0.25) is 0 Å². The van der Waals surface area contributed by atoms with Crippen LogP contribution in [0.15, 0.2) is 53.1 Å². The van der Waals surface area contributed by atoms with E-state index in [0.29, 0.717) is 28.3 Å². The van der Waals surface area contributed by atoms with E-state index in [1.165, 1.54) is 18.3 Å². The molecule has 34 heavy (non-hydrogen) atoms. The molecule has 0 saturated heterocycles. The summed E-state index contributed by atoms with van der Waals surface area (Å²) in [5.74, 6) is -0.389. The molecule has 2 aromatic carbocycles. The molecular weight excluding hydrogens is 439 g/mol. The van der Waals surface area contributed by atoms with Gasteiger partial charge in [-0.25, -0.2) is 19.2 Å². The van der Waals surface area contributed by atoms with E-state index in [1.54, 1.807) is 18.2 Å². The maximum absolute atomic E-state index is 13.9. The summed E-state index contributed by atoms with van der Waals surface area (Å²) >= 11 is 0. The Morgan fingerprint density at radius 2 is 1.79 bits per heavy atom. The number of hydrogen-bond donors (Lipinski definition) is 1. The Balaban J connectivity index is 1.64. The molecule has 0 radical (unpaired) electrons. The maximum Gasteiger partial charge on any atom is 0.345 e. The maximum atomic E-state index is 13.9. The number of carbonyl (C=O) groups is 1. The normalized spacial score (nSPS) is 12.5. The highest BCUT2D eigenvalue weighted by Crippen LogP contribution is 2.35. The molecule has 0 bridgehead atoms. The van der Waals surface area contributed by atoms with Gasteiger partial charge in [0, 0.05) is 17.0 Å². The number of para-hydroxylation sites is 1. The number of carboxylic acid groups (broad SMARTS) is 1. The van der Waals surface area contributed by atoms with E-state index >= 15 is 0 Å². The molecule has 0 saturated carbocycles. The van der Waals surface area contributed by atoms with Crippen molar-refractivity contribution in [3.63, 3.8) is 0 Å².